The average Bonchev–Trinajstić information content (AvgIpc) is 3.10. The van der Waals surface area contributed by atoms with Gasteiger partial charge in [0.2, 0.25) is 17.8 Å². The minimum absolute atomic E-state index is 0.166. The highest BCUT2D eigenvalue weighted by molar-refractivity contribution is 5.83. The molecule has 4 aromatic rings. The van der Waals surface area contributed by atoms with Gasteiger partial charge >= 0.3 is 0 Å². The SMILES string of the molecule is Cc1nc(N)nc(-n2c(Nc3cc(C)[nH]n3)nc3cc(C)c(C)cc32)n1. The molecule has 4 rings (SSSR count). The van der Waals surface area contributed by atoms with E-state index in [4.69, 9.17) is 10.7 Å². The summed E-state index contributed by atoms with van der Waals surface area (Å²) in [5, 5.41) is 10.4. The number of nitrogen functional groups attached to an aromatic ring is 1. The van der Waals surface area contributed by atoms with E-state index >= 15 is 0 Å². The number of nitrogens with two attached hydrogens (primary N) is 1. The lowest BCUT2D eigenvalue weighted by atomic mass is 10.1. The van der Waals surface area contributed by atoms with Crippen molar-refractivity contribution in [2.75, 3.05) is 11.1 Å². The second-order valence-electron chi connectivity index (χ2n) is 6.30. The van der Waals surface area contributed by atoms with E-state index in [2.05, 4.69) is 50.4 Å². The normalized spacial score (nSPS) is 11.2. The van der Waals surface area contributed by atoms with Gasteiger partial charge in [-0.15, -0.1) is 0 Å². The Labute approximate surface area is 149 Å². The lowest BCUT2D eigenvalue weighted by molar-refractivity contribution is 0.892. The van der Waals surface area contributed by atoms with E-state index in [9.17, 15) is 0 Å². The maximum absolute atomic E-state index is 5.84. The maximum atomic E-state index is 5.84. The molecular formula is C17H19N9. The first kappa shape index (κ1) is 16.0. The van der Waals surface area contributed by atoms with Gasteiger partial charge in [0.05, 0.1) is 11.0 Å². The molecule has 0 atom stereocenters. The van der Waals surface area contributed by atoms with Crippen LogP contribution in [0.25, 0.3) is 17.0 Å². The molecule has 0 aliphatic heterocycles. The zero-order valence-corrected chi connectivity index (χ0v) is 15.0. The molecule has 3 heterocycles. The Balaban J connectivity index is 1.97. The summed E-state index contributed by atoms with van der Waals surface area (Å²) < 4.78 is 1.83. The van der Waals surface area contributed by atoms with Gasteiger partial charge in [-0.2, -0.15) is 20.1 Å². The number of benzene rings is 1. The summed E-state index contributed by atoms with van der Waals surface area (Å²) in [4.78, 5) is 17.5. The van der Waals surface area contributed by atoms with Crippen LogP contribution in [0.4, 0.5) is 17.7 Å². The van der Waals surface area contributed by atoms with Crippen molar-refractivity contribution in [3.05, 3.63) is 40.8 Å². The molecule has 0 radical (unpaired) electrons. The molecule has 0 aliphatic carbocycles. The number of anilines is 3. The molecule has 0 aliphatic rings. The van der Waals surface area contributed by atoms with E-state index in [1.807, 2.05) is 23.6 Å². The number of aromatic nitrogens is 7. The van der Waals surface area contributed by atoms with Crippen molar-refractivity contribution < 1.29 is 0 Å². The fourth-order valence-corrected chi connectivity index (χ4v) is 2.80. The van der Waals surface area contributed by atoms with Crippen molar-refractivity contribution in [3.63, 3.8) is 0 Å². The minimum atomic E-state index is 0.166. The Hall–Kier alpha value is -3.49. The van der Waals surface area contributed by atoms with Crippen LogP contribution in [-0.2, 0) is 0 Å². The Morgan fingerprint density at radius 3 is 2.42 bits per heavy atom. The van der Waals surface area contributed by atoms with Crippen LogP contribution in [0.5, 0.6) is 0 Å². The van der Waals surface area contributed by atoms with Gasteiger partial charge in [-0.25, -0.2) is 9.55 Å². The standard InChI is InChI=1S/C17H19N9/c1-8-5-12-13(6-9(8)2)26(16-20-11(4)19-15(18)23-16)17(21-12)22-14-7-10(3)24-25-14/h5-7H,1-4H3,(H2,18,19,20,23)(H2,21,22,24,25). The number of nitrogens with one attached hydrogen (secondary N) is 2. The van der Waals surface area contributed by atoms with Crippen molar-refractivity contribution in [1.82, 2.24) is 34.7 Å². The Morgan fingerprint density at radius 1 is 0.962 bits per heavy atom. The molecule has 9 nitrogen and oxygen atoms in total. The molecule has 9 heteroatoms. The molecule has 0 amide bonds. The lowest BCUT2D eigenvalue weighted by Gasteiger charge is -2.09. The van der Waals surface area contributed by atoms with Crippen molar-refractivity contribution in [1.29, 1.82) is 0 Å². The van der Waals surface area contributed by atoms with Gasteiger partial charge < -0.3 is 11.1 Å². The van der Waals surface area contributed by atoms with Crippen LogP contribution in [0.3, 0.4) is 0 Å². The first-order valence-electron chi connectivity index (χ1n) is 8.18. The van der Waals surface area contributed by atoms with Crippen LogP contribution in [0.1, 0.15) is 22.6 Å². The van der Waals surface area contributed by atoms with E-state index in [0.717, 1.165) is 27.9 Å². The van der Waals surface area contributed by atoms with Gasteiger partial charge in [-0.3, -0.25) is 5.10 Å². The monoisotopic (exact) mass is 349 g/mol. The first-order chi connectivity index (χ1) is 12.4. The summed E-state index contributed by atoms with van der Waals surface area (Å²) in [5.74, 6) is 2.34. The molecular weight excluding hydrogens is 330 g/mol. The Bertz CT molecular complexity index is 1100. The Kier molecular flexibility index (Phi) is 3.57. The van der Waals surface area contributed by atoms with Crippen LogP contribution in [0, 0.1) is 27.7 Å². The topological polar surface area (TPSA) is 123 Å². The van der Waals surface area contributed by atoms with E-state index < -0.39 is 0 Å². The fraction of sp³-hybridized carbons (Fsp3) is 0.235. The summed E-state index contributed by atoms with van der Waals surface area (Å²) in [7, 11) is 0. The summed E-state index contributed by atoms with van der Waals surface area (Å²) in [5.41, 5.74) is 10.8. The molecule has 26 heavy (non-hydrogen) atoms. The zero-order chi connectivity index (χ0) is 18.4. The molecule has 0 saturated heterocycles. The van der Waals surface area contributed by atoms with Gasteiger partial charge in [-0.05, 0) is 51.0 Å². The highest BCUT2D eigenvalue weighted by atomic mass is 15.3. The van der Waals surface area contributed by atoms with Gasteiger partial charge in [0, 0.05) is 11.8 Å². The Morgan fingerprint density at radius 2 is 1.73 bits per heavy atom. The van der Waals surface area contributed by atoms with Crippen molar-refractivity contribution >= 4 is 28.7 Å². The number of fused-ring (bicyclic) bond motifs is 1. The summed E-state index contributed by atoms with van der Waals surface area (Å²) in [6, 6.07) is 6.00. The fourth-order valence-electron chi connectivity index (χ4n) is 2.80. The number of aryl methyl sites for hydroxylation is 4. The molecule has 1 aromatic carbocycles. The summed E-state index contributed by atoms with van der Waals surface area (Å²) >= 11 is 0. The second kappa shape index (κ2) is 5.80. The van der Waals surface area contributed by atoms with Crippen LogP contribution >= 0.6 is 0 Å². The molecule has 0 saturated carbocycles. The van der Waals surface area contributed by atoms with Gasteiger partial charge in [0.15, 0.2) is 5.82 Å². The molecule has 3 aromatic heterocycles. The molecule has 0 bridgehead atoms. The maximum Gasteiger partial charge on any atom is 0.242 e. The highest BCUT2D eigenvalue weighted by Crippen LogP contribution is 2.27. The molecule has 132 valence electrons. The van der Waals surface area contributed by atoms with Crippen molar-refractivity contribution in [3.8, 4) is 5.95 Å². The largest absolute Gasteiger partial charge is 0.368 e. The van der Waals surface area contributed by atoms with Crippen LogP contribution in [0.2, 0.25) is 0 Å². The van der Waals surface area contributed by atoms with Crippen molar-refractivity contribution in [2.24, 2.45) is 0 Å². The number of rotatable bonds is 3. The number of hydrogen-bond donors (Lipinski definition) is 3. The summed E-state index contributed by atoms with van der Waals surface area (Å²) in [6.07, 6.45) is 0. The highest BCUT2D eigenvalue weighted by Gasteiger charge is 2.17. The van der Waals surface area contributed by atoms with E-state index in [0.29, 0.717) is 23.5 Å². The molecule has 0 unspecified atom stereocenters. The lowest BCUT2D eigenvalue weighted by Crippen LogP contribution is -2.10. The zero-order valence-electron chi connectivity index (χ0n) is 15.0. The van der Waals surface area contributed by atoms with E-state index in [1.165, 1.54) is 0 Å². The van der Waals surface area contributed by atoms with Crippen LogP contribution in [0.15, 0.2) is 18.2 Å². The van der Waals surface area contributed by atoms with E-state index in [-0.39, 0.29) is 5.95 Å². The molecule has 0 fully saturated rings. The van der Waals surface area contributed by atoms with Crippen LogP contribution in [-0.4, -0.2) is 34.7 Å². The van der Waals surface area contributed by atoms with Gasteiger partial charge in [-0.1, -0.05) is 0 Å². The number of imidazole rings is 1. The summed E-state index contributed by atoms with van der Waals surface area (Å²) in [6.45, 7) is 7.83. The van der Waals surface area contributed by atoms with Gasteiger partial charge in [0.25, 0.3) is 0 Å². The number of nitrogens with zero attached hydrogens (tertiary/aromatic N) is 6. The third-order valence-electron chi connectivity index (χ3n) is 4.17. The number of aromatic amines is 1. The van der Waals surface area contributed by atoms with E-state index in [1.54, 1.807) is 6.92 Å². The average molecular weight is 349 g/mol. The minimum Gasteiger partial charge on any atom is -0.368 e. The molecule has 0 spiro atoms. The van der Waals surface area contributed by atoms with Crippen LogP contribution < -0.4 is 11.1 Å². The third-order valence-corrected chi connectivity index (χ3v) is 4.17. The smallest absolute Gasteiger partial charge is 0.242 e. The molecule has 4 N–H and O–H groups in total. The number of hydrogen-bond acceptors (Lipinski definition) is 7. The van der Waals surface area contributed by atoms with Crippen molar-refractivity contribution in [2.45, 2.75) is 27.7 Å². The second-order valence-corrected chi connectivity index (χ2v) is 6.30. The number of H-pyrrole nitrogens is 1. The quantitative estimate of drug-likeness (QED) is 0.519. The predicted octanol–water partition coefficient (Wildman–Crippen LogP) is 2.49. The van der Waals surface area contributed by atoms with Gasteiger partial charge in [0.1, 0.15) is 5.82 Å². The first-order valence-corrected chi connectivity index (χ1v) is 8.18. The third kappa shape index (κ3) is 2.73. The predicted molar refractivity (Wildman–Crippen MR) is 99.7 cm³/mol.